The molecule has 0 aliphatic heterocycles. The van der Waals surface area contributed by atoms with Gasteiger partial charge in [0.2, 0.25) is 0 Å². The summed E-state index contributed by atoms with van der Waals surface area (Å²) in [4.78, 5) is 6.17. The lowest BCUT2D eigenvalue weighted by Crippen LogP contribution is -2.43. The van der Waals surface area contributed by atoms with Crippen LogP contribution in [-0.2, 0) is 9.84 Å². The highest BCUT2D eigenvalue weighted by Crippen LogP contribution is 2.45. The molecule has 1 aliphatic rings. The van der Waals surface area contributed by atoms with Gasteiger partial charge in [-0.25, -0.2) is 8.42 Å². The summed E-state index contributed by atoms with van der Waals surface area (Å²) in [5.74, 6) is 0.965. The molecule has 1 aromatic carbocycles. The van der Waals surface area contributed by atoms with Gasteiger partial charge in [0, 0.05) is 28.5 Å². The molecule has 2 rings (SSSR count). The van der Waals surface area contributed by atoms with Crippen molar-refractivity contribution in [2.45, 2.75) is 61.6 Å². The number of aliphatic imine (C=N–C) groups is 1. The summed E-state index contributed by atoms with van der Waals surface area (Å²) >= 11 is 1.95. The third-order valence-electron chi connectivity index (χ3n) is 4.77. The summed E-state index contributed by atoms with van der Waals surface area (Å²) in [6, 6.07) is 10.6. The Bertz CT molecular complexity index is 699. The molecule has 1 saturated carbocycles. The zero-order valence-corrected chi connectivity index (χ0v) is 18.3. The van der Waals surface area contributed by atoms with Gasteiger partial charge in [-0.1, -0.05) is 31.0 Å². The number of sulfone groups is 1. The second-order valence-corrected chi connectivity index (χ2v) is 11.3. The third kappa shape index (κ3) is 8.13. The van der Waals surface area contributed by atoms with Crippen molar-refractivity contribution >= 4 is 27.6 Å². The third-order valence-corrected chi connectivity index (χ3v) is 7.22. The first-order chi connectivity index (χ1) is 12.8. The monoisotopic (exact) mass is 411 g/mol. The summed E-state index contributed by atoms with van der Waals surface area (Å²) < 4.78 is 22.9. The maximum Gasteiger partial charge on any atom is 0.191 e. The summed E-state index contributed by atoms with van der Waals surface area (Å²) in [5, 5.41) is 6.66. The van der Waals surface area contributed by atoms with Gasteiger partial charge in [0.05, 0.1) is 12.3 Å². The number of guanidine groups is 1. The number of thioether (sulfide) groups is 1. The molecule has 7 heteroatoms. The second kappa shape index (κ2) is 10.4. The molecular formula is C20H33N3O2S2. The SMILES string of the molecule is CCNC(=NCC1(Sc2ccccc2)CCCC1)NC(C)CCS(C)(=O)=O. The fourth-order valence-corrected chi connectivity index (χ4v) is 5.49. The molecule has 0 bridgehead atoms. The molecule has 1 fully saturated rings. The van der Waals surface area contributed by atoms with Crippen LogP contribution in [0.3, 0.4) is 0 Å². The quantitative estimate of drug-likeness (QED) is 0.481. The van der Waals surface area contributed by atoms with Crippen molar-refractivity contribution in [3.63, 3.8) is 0 Å². The Labute approximate surface area is 168 Å². The van der Waals surface area contributed by atoms with Gasteiger partial charge < -0.3 is 10.6 Å². The van der Waals surface area contributed by atoms with Crippen molar-refractivity contribution in [1.82, 2.24) is 10.6 Å². The predicted molar refractivity (Wildman–Crippen MR) is 116 cm³/mol. The number of hydrogen-bond donors (Lipinski definition) is 2. The minimum Gasteiger partial charge on any atom is -0.357 e. The van der Waals surface area contributed by atoms with E-state index in [2.05, 4.69) is 41.0 Å². The van der Waals surface area contributed by atoms with Crippen LogP contribution in [0.1, 0.15) is 46.0 Å². The molecule has 0 aromatic heterocycles. The van der Waals surface area contributed by atoms with E-state index in [0.29, 0.717) is 6.42 Å². The molecular weight excluding hydrogens is 378 g/mol. The zero-order chi connectivity index (χ0) is 19.8. The second-order valence-electron chi connectivity index (χ2n) is 7.46. The number of nitrogens with one attached hydrogen (secondary N) is 2. The van der Waals surface area contributed by atoms with Crippen LogP contribution < -0.4 is 10.6 Å². The molecule has 1 aliphatic carbocycles. The fourth-order valence-electron chi connectivity index (χ4n) is 3.29. The summed E-state index contributed by atoms with van der Waals surface area (Å²) in [6.45, 7) is 5.59. The zero-order valence-electron chi connectivity index (χ0n) is 16.7. The minimum absolute atomic E-state index is 0.0545. The summed E-state index contributed by atoms with van der Waals surface area (Å²) in [6.07, 6.45) is 6.73. The first kappa shape index (κ1) is 22.1. The Morgan fingerprint density at radius 1 is 1.26 bits per heavy atom. The first-order valence-corrected chi connectivity index (χ1v) is 12.7. The molecule has 0 radical (unpaired) electrons. The largest absolute Gasteiger partial charge is 0.357 e. The van der Waals surface area contributed by atoms with E-state index < -0.39 is 9.84 Å². The fraction of sp³-hybridized carbons (Fsp3) is 0.650. The lowest BCUT2D eigenvalue weighted by atomic mass is 10.1. The molecule has 2 N–H and O–H groups in total. The van der Waals surface area contributed by atoms with Crippen LogP contribution in [0.15, 0.2) is 40.2 Å². The molecule has 0 amide bonds. The number of rotatable bonds is 9. The molecule has 0 saturated heterocycles. The van der Waals surface area contributed by atoms with Gasteiger partial charge >= 0.3 is 0 Å². The van der Waals surface area contributed by atoms with Crippen LogP contribution >= 0.6 is 11.8 Å². The smallest absolute Gasteiger partial charge is 0.191 e. The van der Waals surface area contributed by atoms with Crippen LogP contribution in [0.4, 0.5) is 0 Å². The molecule has 152 valence electrons. The Morgan fingerprint density at radius 2 is 1.93 bits per heavy atom. The van der Waals surface area contributed by atoms with E-state index in [1.807, 2.05) is 25.6 Å². The van der Waals surface area contributed by atoms with E-state index in [9.17, 15) is 8.42 Å². The van der Waals surface area contributed by atoms with Gasteiger partial charge in [-0.05, 0) is 45.2 Å². The Hall–Kier alpha value is -1.21. The van der Waals surface area contributed by atoms with Crippen LogP contribution in [0.25, 0.3) is 0 Å². The van der Waals surface area contributed by atoms with E-state index in [-0.39, 0.29) is 16.5 Å². The topological polar surface area (TPSA) is 70.6 Å². The first-order valence-electron chi connectivity index (χ1n) is 9.78. The molecule has 1 atom stereocenters. The normalized spacial score (nSPS) is 18.3. The van der Waals surface area contributed by atoms with Crippen molar-refractivity contribution in [3.8, 4) is 0 Å². The number of benzene rings is 1. The van der Waals surface area contributed by atoms with Gasteiger partial charge in [-0.15, -0.1) is 11.8 Å². The van der Waals surface area contributed by atoms with E-state index in [1.54, 1.807) is 0 Å². The van der Waals surface area contributed by atoms with Crippen molar-refractivity contribution < 1.29 is 8.42 Å². The highest BCUT2D eigenvalue weighted by Gasteiger charge is 2.35. The van der Waals surface area contributed by atoms with Gasteiger partial charge in [-0.3, -0.25) is 4.99 Å². The van der Waals surface area contributed by atoms with Crippen molar-refractivity contribution in [1.29, 1.82) is 0 Å². The van der Waals surface area contributed by atoms with Crippen molar-refractivity contribution in [2.24, 2.45) is 4.99 Å². The van der Waals surface area contributed by atoms with E-state index in [4.69, 9.17) is 4.99 Å². The highest BCUT2D eigenvalue weighted by molar-refractivity contribution is 8.00. The van der Waals surface area contributed by atoms with Crippen LogP contribution in [0.5, 0.6) is 0 Å². The Balaban J connectivity index is 2.01. The van der Waals surface area contributed by atoms with Crippen molar-refractivity contribution in [3.05, 3.63) is 30.3 Å². The Morgan fingerprint density at radius 3 is 2.52 bits per heavy atom. The van der Waals surface area contributed by atoms with E-state index in [1.165, 1.54) is 36.8 Å². The van der Waals surface area contributed by atoms with Crippen LogP contribution in [0, 0.1) is 0 Å². The average molecular weight is 412 g/mol. The van der Waals surface area contributed by atoms with Gasteiger partial charge in [0.1, 0.15) is 9.84 Å². The van der Waals surface area contributed by atoms with Crippen molar-refractivity contribution in [2.75, 3.05) is 25.1 Å². The molecule has 1 unspecified atom stereocenters. The molecule has 1 aromatic rings. The summed E-state index contributed by atoms with van der Waals surface area (Å²) in [7, 11) is -2.94. The highest BCUT2D eigenvalue weighted by atomic mass is 32.2. The lowest BCUT2D eigenvalue weighted by molar-refractivity contribution is 0.577. The molecule has 0 spiro atoms. The molecule has 0 heterocycles. The lowest BCUT2D eigenvalue weighted by Gasteiger charge is -2.27. The molecule has 5 nitrogen and oxygen atoms in total. The van der Waals surface area contributed by atoms with Gasteiger partial charge in [-0.2, -0.15) is 0 Å². The van der Waals surface area contributed by atoms with Crippen LogP contribution in [0.2, 0.25) is 0 Å². The Kier molecular flexibility index (Phi) is 8.48. The number of hydrogen-bond acceptors (Lipinski definition) is 4. The average Bonchev–Trinajstić information content (AvgIpc) is 3.07. The van der Waals surface area contributed by atoms with E-state index in [0.717, 1.165) is 19.0 Å². The molecule has 27 heavy (non-hydrogen) atoms. The minimum atomic E-state index is -2.94. The van der Waals surface area contributed by atoms with Gasteiger partial charge in [0.25, 0.3) is 0 Å². The van der Waals surface area contributed by atoms with Gasteiger partial charge in [0.15, 0.2) is 5.96 Å². The van der Waals surface area contributed by atoms with E-state index >= 15 is 0 Å². The van der Waals surface area contributed by atoms with Crippen LogP contribution in [-0.4, -0.2) is 50.3 Å². The standard InChI is InChI=1S/C20H33N3O2S2/c1-4-21-19(23-17(2)12-15-27(3,24)25)22-16-20(13-8-9-14-20)26-18-10-6-5-7-11-18/h5-7,10-11,17H,4,8-9,12-16H2,1-3H3,(H2,21,22,23). The maximum absolute atomic E-state index is 11.4. The number of nitrogens with zero attached hydrogens (tertiary/aromatic N) is 1. The summed E-state index contributed by atoms with van der Waals surface area (Å²) in [5.41, 5.74) is 0. The predicted octanol–water partition coefficient (Wildman–Crippen LogP) is 3.47. The maximum atomic E-state index is 11.4.